The number of pyridine rings is 1. The molecule has 1 aliphatic rings. The molecule has 1 aliphatic carbocycles. The van der Waals surface area contributed by atoms with Gasteiger partial charge in [-0.2, -0.15) is 0 Å². The molecule has 2 aromatic heterocycles. The second-order valence-corrected chi connectivity index (χ2v) is 6.88. The number of imidazole rings is 1. The van der Waals surface area contributed by atoms with E-state index < -0.39 is 0 Å². The zero-order chi connectivity index (χ0) is 16.4. The van der Waals surface area contributed by atoms with Gasteiger partial charge in [-0.25, -0.2) is 4.98 Å². The standard InChI is InChI=1S/C19H21ClN4/c20-15-5-6-16-17(7-8-22-18(16)11-15)23-9-10-24-13-21-12-19(24)14-3-1-2-4-14/h5-8,11-14H,1-4,9-10H2,(H,22,23). The van der Waals surface area contributed by atoms with Crippen LogP contribution in [0.1, 0.15) is 37.3 Å². The summed E-state index contributed by atoms with van der Waals surface area (Å²) in [4.78, 5) is 8.75. The number of aromatic nitrogens is 3. The number of anilines is 1. The molecule has 0 aliphatic heterocycles. The molecule has 2 heterocycles. The normalized spacial score (nSPS) is 15.2. The van der Waals surface area contributed by atoms with E-state index in [1.54, 1.807) is 0 Å². The molecule has 0 amide bonds. The van der Waals surface area contributed by atoms with Gasteiger partial charge in [-0.15, -0.1) is 0 Å². The van der Waals surface area contributed by atoms with Gasteiger partial charge in [-0.05, 0) is 37.1 Å². The molecule has 1 fully saturated rings. The monoisotopic (exact) mass is 340 g/mol. The fraction of sp³-hybridized carbons (Fsp3) is 0.368. The summed E-state index contributed by atoms with van der Waals surface area (Å²) < 4.78 is 2.29. The van der Waals surface area contributed by atoms with Crippen LogP contribution < -0.4 is 5.32 Å². The highest BCUT2D eigenvalue weighted by Crippen LogP contribution is 2.33. The first kappa shape index (κ1) is 15.5. The fourth-order valence-electron chi connectivity index (χ4n) is 3.67. The van der Waals surface area contributed by atoms with Crippen molar-refractivity contribution in [3.05, 3.63) is 53.7 Å². The number of fused-ring (bicyclic) bond motifs is 1. The van der Waals surface area contributed by atoms with Crippen LogP contribution in [-0.4, -0.2) is 21.1 Å². The van der Waals surface area contributed by atoms with E-state index in [1.165, 1.54) is 31.4 Å². The van der Waals surface area contributed by atoms with E-state index in [0.717, 1.165) is 29.7 Å². The van der Waals surface area contributed by atoms with E-state index in [4.69, 9.17) is 11.6 Å². The second-order valence-electron chi connectivity index (χ2n) is 6.44. The van der Waals surface area contributed by atoms with Crippen LogP contribution in [0.5, 0.6) is 0 Å². The Morgan fingerprint density at radius 2 is 2.08 bits per heavy atom. The Morgan fingerprint density at radius 1 is 1.21 bits per heavy atom. The van der Waals surface area contributed by atoms with Crippen molar-refractivity contribution >= 4 is 28.2 Å². The first-order valence-corrected chi connectivity index (χ1v) is 8.97. The van der Waals surface area contributed by atoms with Gasteiger partial charge < -0.3 is 9.88 Å². The molecular weight excluding hydrogens is 320 g/mol. The van der Waals surface area contributed by atoms with Crippen LogP contribution in [0, 0.1) is 0 Å². The lowest BCUT2D eigenvalue weighted by atomic mass is 10.1. The van der Waals surface area contributed by atoms with Crippen molar-refractivity contribution in [3.63, 3.8) is 0 Å². The van der Waals surface area contributed by atoms with Crippen LogP contribution >= 0.6 is 11.6 Å². The van der Waals surface area contributed by atoms with Crippen LogP contribution in [0.25, 0.3) is 10.9 Å². The summed E-state index contributed by atoms with van der Waals surface area (Å²) in [6.07, 6.45) is 11.1. The molecule has 4 rings (SSSR count). The molecule has 24 heavy (non-hydrogen) atoms. The number of nitrogens with one attached hydrogen (secondary N) is 1. The zero-order valence-electron chi connectivity index (χ0n) is 13.6. The predicted molar refractivity (Wildman–Crippen MR) is 98.7 cm³/mol. The van der Waals surface area contributed by atoms with Gasteiger partial charge in [0.25, 0.3) is 0 Å². The smallest absolute Gasteiger partial charge is 0.0948 e. The molecule has 0 atom stereocenters. The first-order chi connectivity index (χ1) is 11.8. The predicted octanol–water partition coefficient (Wildman–Crippen LogP) is 4.85. The number of benzene rings is 1. The molecule has 4 nitrogen and oxygen atoms in total. The minimum atomic E-state index is 0.691. The quantitative estimate of drug-likeness (QED) is 0.721. The van der Waals surface area contributed by atoms with Crippen LogP contribution in [0.15, 0.2) is 43.0 Å². The minimum absolute atomic E-state index is 0.691. The average molecular weight is 341 g/mol. The Hall–Kier alpha value is -2.07. The second kappa shape index (κ2) is 6.81. The van der Waals surface area contributed by atoms with Gasteiger partial charge in [0.05, 0.1) is 11.8 Å². The summed E-state index contributed by atoms with van der Waals surface area (Å²) in [5.74, 6) is 0.691. The highest BCUT2D eigenvalue weighted by molar-refractivity contribution is 6.31. The molecule has 1 N–H and O–H groups in total. The Morgan fingerprint density at radius 3 is 2.96 bits per heavy atom. The molecule has 1 aromatic carbocycles. The van der Waals surface area contributed by atoms with E-state index in [9.17, 15) is 0 Å². The topological polar surface area (TPSA) is 42.7 Å². The summed E-state index contributed by atoms with van der Waals surface area (Å²) in [6.45, 7) is 1.78. The summed E-state index contributed by atoms with van der Waals surface area (Å²) in [5, 5.41) is 5.35. The molecule has 3 aromatic rings. The van der Waals surface area contributed by atoms with Crippen molar-refractivity contribution < 1.29 is 0 Å². The Bertz CT molecular complexity index is 836. The largest absolute Gasteiger partial charge is 0.383 e. The summed E-state index contributed by atoms with van der Waals surface area (Å²) in [6, 6.07) is 7.84. The maximum Gasteiger partial charge on any atom is 0.0948 e. The third kappa shape index (κ3) is 3.11. The average Bonchev–Trinajstić information content (AvgIpc) is 3.25. The van der Waals surface area contributed by atoms with Gasteiger partial charge in [0.1, 0.15) is 0 Å². The van der Waals surface area contributed by atoms with Crippen LogP contribution in [0.2, 0.25) is 5.02 Å². The van der Waals surface area contributed by atoms with Crippen LogP contribution in [0.4, 0.5) is 5.69 Å². The highest BCUT2D eigenvalue weighted by Gasteiger charge is 2.20. The lowest BCUT2D eigenvalue weighted by Gasteiger charge is -2.14. The number of nitrogens with zero attached hydrogens (tertiary/aromatic N) is 3. The van der Waals surface area contributed by atoms with Gasteiger partial charge in [0, 0.05) is 53.2 Å². The summed E-state index contributed by atoms with van der Waals surface area (Å²) in [7, 11) is 0. The van der Waals surface area contributed by atoms with E-state index >= 15 is 0 Å². The number of hydrogen-bond donors (Lipinski definition) is 1. The zero-order valence-corrected chi connectivity index (χ0v) is 14.3. The summed E-state index contributed by atoms with van der Waals surface area (Å²) >= 11 is 6.05. The van der Waals surface area contributed by atoms with Gasteiger partial charge in [-0.1, -0.05) is 24.4 Å². The Balaban J connectivity index is 1.46. The lowest BCUT2D eigenvalue weighted by Crippen LogP contribution is -2.13. The van der Waals surface area contributed by atoms with Crippen molar-refractivity contribution in [2.75, 3.05) is 11.9 Å². The van der Waals surface area contributed by atoms with Gasteiger partial charge in [0.15, 0.2) is 0 Å². The van der Waals surface area contributed by atoms with Gasteiger partial charge >= 0.3 is 0 Å². The van der Waals surface area contributed by atoms with E-state index in [2.05, 4.69) is 19.9 Å². The van der Waals surface area contributed by atoms with E-state index in [-0.39, 0.29) is 0 Å². The van der Waals surface area contributed by atoms with E-state index in [1.807, 2.05) is 43.0 Å². The third-order valence-electron chi connectivity index (χ3n) is 4.89. The highest BCUT2D eigenvalue weighted by atomic mass is 35.5. The van der Waals surface area contributed by atoms with Crippen molar-refractivity contribution in [1.29, 1.82) is 0 Å². The van der Waals surface area contributed by atoms with Crippen molar-refractivity contribution in [3.8, 4) is 0 Å². The molecule has 5 heteroatoms. The Labute approximate surface area is 146 Å². The fourth-order valence-corrected chi connectivity index (χ4v) is 3.83. The number of halogens is 1. The maximum atomic E-state index is 6.05. The molecule has 0 unspecified atom stereocenters. The Kier molecular flexibility index (Phi) is 4.39. The van der Waals surface area contributed by atoms with Crippen molar-refractivity contribution in [2.45, 2.75) is 38.1 Å². The SMILES string of the molecule is Clc1ccc2c(NCCn3cncc3C3CCCC3)ccnc2c1. The van der Waals surface area contributed by atoms with Gasteiger partial charge in [0.2, 0.25) is 0 Å². The third-order valence-corrected chi connectivity index (χ3v) is 5.13. The first-order valence-electron chi connectivity index (χ1n) is 8.59. The number of hydrogen-bond acceptors (Lipinski definition) is 3. The van der Waals surface area contributed by atoms with Gasteiger partial charge in [-0.3, -0.25) is 4.98 Å². The molecule has 1 saturated carbocycles. The maximum absolute atomic E-state index is 6.05. The lowest BCUT2D eigenvalue weighted by molar-refractivity contribution is 0.610. The van der Waals surface area contributed by atoms with Crippen LogP contribution in [0.3, 0.4) is 0 Å². The number of rotatable bonds is 5. The molecular formula is C19H21ClN4. The van der Waals surface area contributed by atoms with Crippen molar-refractivity contribution in [2.24, 2.45) is 0 Å². The molecule has 0 spiro atoms. The molecule has 124 valence electrons. The molecule has 0 saturated heterocycles. The minimum Gasteiger partial charge on any atom is -0.383 e. The molecule has 0 radical (unpaired) electrons. The van der Waals surface area contributed by atoms with Crippen LogP contribution in [-0.2, 0) is 6.54 Å². The molecule has 0 bridgehead atoms. The van der Waals surface area contributed by atoms with Crippen molar-refractivity contribution in [1.82, 2.24) is 14.5 Å². The summed E-state index contributed by atoms with van der Waals surface area (Å²) in [5.41, 5.74) is 3.40. The van der Waals surface area contributed by atoms with E-state index in [0.29, 0.717) is 10.9 Å².